The minimum absolute atomic E-state index is 0.150. The van der Waals surface area contributed by atoms with Crippen LogP contribution in [0.25, 0.3) is 0 Å². The lowest BCUT2D eigenvalue weighted by Gasteiger charge is -2.28. The maximum atomic E-state index is 11.7. The third-order valence-electron chi connectivity index (χ3n) is 3.27. The van der Waals surface area contributed by atoms with E-state index in [0.717, 1.165) is 32.6 Å². The predicted molar refractivity (Wildman–Crippen MR) is 68.9 cm³/mol. The minimum atomic E-state index is 0.150. The molecule has 0 bridgehead atoms. The smallest absolute Gasteiger partial charge is 0.221 e. The summed E-state index contributed by atoms with van der Waals surface area (Å²) in [5.41, 5.74) is 0. The van der Waals surface area contributed by atoms with Gasteiger partial charge in [-0.1, -0.05) is 13.8 Å². The highest BCUT2D eigenvalue weighted by Gasteiger charge is 2.21. The van der Waals surface area contributed by atoms with Crippen molar-refractivity contribution in [3.05, 3.63) is 0 Å². The molecular formula is C13H26N2O2. The van der Waals surface area contributed by atoms with E-state index in [1.165, 1.54) is 0 Å². The van der Waals surface area contributed by atoms with E-state index in [9.17, 15) is 4.79 Å². The normalized spacial score (nSPS) is 19.3. The van der Waals surface area contributed by atoms with Crippen LogP contribution in [0, 0.1) is 5.92 Å². The van der Waals surface area contributed by atoms with Crippen molar-refractivity contribution in [2.24, 2.45) is 5.92 Å². The molecule has 0 aromatic carbocycles. The standard InChI is InChI=1S/C13H26N2O2/c1-10(2)14-7-4-13(16)15-11(3)12-5-8-17-9-6-12/h10-12,14H,4-9H2,1-3H3,(H,15,16). The second-order valence-corrected chi connectivity index (χ2v) is 5.16. The number of hydrogen-bond acceptors (Lipinski definition) is 3. The third kappa shape index (κ3) is 6.03. The SMILES string of the molecule is CC(C)NCCC(=O)NC(C)C1CCOCC1. The van der Waals surface area contributed by atoms with Crippen molar-refractivity contribution < 1.29 is 9.53 Å². The predicted octanol–water partition coefficient (Wildman–Crippen LogP) is 1.31. The molecule has 1 heterocycles. The van der Waals surface area contributed by atoms with E-state index in [1.807, 2.05) is 0 Å². The van der Waals surface area contributed by atoms with Gasteiger partial charge in [0.25, 0.3) is 0 Å². The fourth-order valence-corrected chi connectivity index (χ4v) is 2.13. The second-order valence-electron chi connectivity index (χ2n) is 5.16. The van der Waals surface area contributed by atoms with Gasteiger partial charge in [-0.05, 0) is 25.7 Å². The number of nitrogens with one attached hydrogen (secondary N) is 2. The van der Waals surface area contributed by atoms with Gasteiger partial charge in [-0.25, -0.2) is 0 Å². The molecule has 0 aromatic heterocycles. The van der Waals surface area contributed by atoms with Crippen LogP contribution in [-0.2, 0) is 9.53 Å². The summed E-state index contributed by atoms with van der Waals surface area (Å²) in [6, 6.07) is 0.709. The second kappa shape index (κ2) is 7.67. The molecule has 1 fully saturated rings. The van der Waals surface area contributed by atoms with Crippen LogP contribution >= 0.6 is 0 Å². The van der Waals surface area contributed by atoms with Crippen molar-refractivity contribution in [2.45, 2.75) is 52.1 Å². The number of amides is 1. The van der Waals surface area contributed by atoms with Crippen LogP contribution in [0.3, 0.4) is 0 Å². The van der Waals surface area contributed by atoms with E-state index in [-0.39, 0.29) is 11.9 Å². The molecule has 100 valence electrons. The average Bonchev–Trinajstić information content (AvgIpc) is 2.29. The molecule has 2 N–H and O–H groups in total. The summed E-state index contributed by atoms with van der Waals surface area (Å²) in [5, 5.41) is 6.34. The number of ether oxygens (including phenoxy) is 1. The van der Waals surface area contributed by atoms with Crippen molar-refractivity contribution >= 4 is 5.91 Å². The summed E-state index contributed by atoms with van der Waals surface area (Å²) in [4.78, 5) is 11.7. The maximum absolute atomic E-state index is 11.7. The van der Waals surface area contributed by atoms with Crippen LogP contribution in [0.4, 0.5) is 0 Å². The van der Waals surface area contributed by atoms with Gasteiger partial charge in [-0.2, -0.15) is 0 Å². The van der Waals surface area contributed by atoms with Gasteiger partial charge in [-0.3, -0.25) is 4.79 Å². The molecule has 1 saturated heterocycles. The number of hydrogen-bond donors (Lipinski definition) is 2. The molecule has 0 spiro atoms. The molecule has 0 aromatic rings. The number of carbonyl (C=O) groups is 1. The molecule has 4 heteroatoms. The van der Waals surface area contributed by atoms with E-state index >= 15 is 0 Å². The minimum Gasteiger partial charge on any atom is -0.381 e. The largest absolute Gasteiger partial charge is 0.381 e. The zero-order chi connectivity index (χ0) is 12.7. The first-order valence-electron chi connectivity index (χ1n) is 6.70. The lowest BCUT2D eigenvalue weighted by Crippen LogP contribution is -2.41. The summed E-state index contributed by atoms with van der Waals surface area (Å²) in [6.45, 7) is 8.69. The Bertz CT molecular complexity index is 225. The first-order valence-corrected chi connectivity index (χ1v) is 6.70. The molecule has 0 saturated carbocycles. The van der Waals surface area contributed by atoms with Gasteiger partial charge in [-0.15, -0.1) is 0 Å². The van der Waals surface area contributed by atoms with E-state index in [1.54, 1.807) is 0 Å². The summed E-state index contributed by atoms with van der Waals surface area (Å²) >= 11 is 0. The van der Waals surface area contributed by atoms with Crippen LogP contribution in [0.5, 0.6) is 0 Å². The highest BCUT2D eigenvalue weighted by Crippen LogP contribution is 2.18. The molecule has 1 amide bonds. The Morgan fingerprint density at radius 2 is 1.94 bits per heavy atom. The lowest BCUT2D eigenvalue weighted by molar-refractivity contribution is -0.122. The van der Waals surface area contributed by atoms with Gasteiger partial charge in [0.15, 0.2) is 0 Å². The summed E-state index contributed by atoms with van der Waals surface area (Å²) in [6.07, 6.45) is 2.68. The van der Waals surface area contributed by atoms with E-state index in [2.05, 4.69) is 31.4 Å². The van der Waals surface area contributed by atoms with Crippen molar-refractivity contribution in [3.63, 3.8) is 0 Å². The number of rotatable bonds is 6. The van der Waals surface area contributed by atoms with Gasteiger partial charge in [0.1, 0.15) is 0 Å². The zero-order valence-electron chi connectivity index (χ0n) is 11.3. The van der Waals surface area contributed by atoms with Crippen molar-refractivity contribution in [1.82, 2.24) is 10.6 Å². The fraction of sp³-hybridized carbons (Fsp3) is 0.923. The van der Waals surface area contributed by atoms with Gasteiger partial charge in [0.05, 0.1) is 0 Å². The Morgan fingerprint density at radius 1 is 1.29 bits per heavy atom. The lowest BCUT2D eigenvalue weighted by atomic mass is 9.93. The van der Waals surface area contributed by atoms with Crippen LogP contribution in [0.2, 0.25) is 0 Å². The summed E-state index contributed by atoms with van der Waals surface area (Å²) in [7, 11) is 0. The first-order chi connectivity index (χ1) is 8.09. The molecule has 0 radical (unpaired) electrons. The molecule has 17 heavy (non-hydrogen) atoms. The zero-order valence-corrected chi connectivity index (χ0v) is 11.3. The van der Waals surface area contributed by atoms with E-state index in [0.29, 0.717) is 18.4 Å². The summed E-state index contributed by atoms with van der Waals surface area (Å²) in [5.74, 6) is 0.725. The maximum Gasteiger partial charge on any atom is 0.221 e. The number of carbonyl (C=O) groups excluding carboxylic acids is 1. The van der Waals surface area contributed by atoms with Gasteiger partial charge < -0.3 is 15.4 Å². The first kappa shape index (κ1) is 14.5. The van der Waals surface area contributed by atoms with E-state index < -0.39 is 0 Å². The Kier molecular flexibility index (Phi) is 6.52. The molecule has 1 unspecified atom stereocenters. The Hall–Kier alpha value is -0.610. The third-order valence-corrected chi connectivity index (χ3v) is 3.27. The van der Waals surface area contributed by atoms with Crippen molar-refractivity contribution in [2.75, 3.05) is 19.8 Å². The van der Waals surface area contributed by atoms with Crippen molar-refractivity contribution in [1.29, 1.82) is 0 Å². The summed E-state index contributed by atoms with van der Waals surface area (Å²) < 4.78 is 5.32. The molecule has 1 aliphatic heterocycles. The monoisotopic (exact) mass is 242 g/mol. The Balaban J connectivity index is 2.15. The van der Waals surface area contributed by atoms with Gasteiger partial charge in [0.2, 0.25) is 5.91 Å². The Labute approximate surface area is 104 Å². The van der Waals surface area contributed by atoms with Crippen LogP contribution < -0.4 is 10.6 Å². The van der Waals surface area contributed by atoms with Crippen LogP contribution in [0.1, 0.15) is 40.0 Å². The average molecular weight is 242 g/mol. The molecule has 1 aliphatic rings. The highest BCUT2D eigenvalue weighted by atomic mass is 16.5. The van der Waals surface area contributed by atoms with Crippen LogP contribution in [0.15, 0.2) is 0 Å². The molecule has 1 atom stereocenters. The molecule has 0 aliphatic carbocycles. The molecule has 1 rings (SSSR count). The molecule has 4 nitrogen and oxygen atoms in total. The quantitative estimate of drug-likeness (QED) is 0.738. The highest BCUT2D eigenvalue weighted by molar-refractivity contribution is 5.76. The van der Waals surface area contributed by atoms with Crippen molar-refractivity contribution in [3.8, 4) is 0 Å². The van der Waals surface area contributed by atoms with Crippen LogP contribution in [-0.4, -0.2) is 37.7 Å². The topological polar surface area (TPSA) is 50.4 Å². The van der Waals surface area contributed by atoms with E-state index in [4.69, 9.17) is 4.74 Å². The van der Waals surface area contributed by atoms with Gasteiger partial charge >= 0.3 is 0 Å². The molecular weight excluding hydrogens is 216 g/mol. The van der Waals surface area contributed by atoms with Gasteiger partial charge in [0, 0.05) is 38.3 Å². The Morgan fingerprint density at radius 3 is 2.53 bits per heavy atom. The fourth-order valence-electron chi connectivity index (χ4n) is 2.13.